The maximum absolute atomic E-state index is 10.5. The van der Waals surface area contributed by atoms with Crippen molar-refractivity contribution in [2.75, 3.05) is 5.32 Å². The van der Waals surface area contributed by atoms with Gasteiger partial charge in [0.15, 0.2) is 5.13 Å². The van der Waals surface area contributed by atoms with Crippen LogP contribution in [0.5, 0.6) is 0 Å². The van der Waals surface area contributed by atoms with E-state index in [9.17, 15) is 10.1 Å². The molecule has 0 saturated heterocycles. The average Bonchev–Trinajstić information content (AvgIpc) is 2.95. The first kappa shape index (κ1) is 11.9. The Bertz CT molecular complexity index is 523. The zero-order chi connectivity index (χ0) is 12.3. The third-order valence-electron chi connectivity index (χ3n) is 2.01. The van der Waals surface area contributed by atoms with Crippen molar-refractivity contribution < 1.29 is 4.92 Å². The highest BCUT2D eigenvalue weighted by Crippen LogP contribution is 2.25. The fourth-order valence-corrected chi connectivity index (χ4v) is 2.61. The lowest BCUT2D eigenvalue weighted by molar-refractivity contribution is -0.380. The van der Waals surface area contributed by atoms with Crippen LogP contribution >= 0.6 is 22.7 Å². The quantitative estimate of drug-likeness (QED) is 0.667. The molecule has 0 fully saturated rings. The second kappa shape index (κ2) is 5.19. The molecule has 0 amide bonds. The number of nitrogens with one attached hydrogen (secondary N) is 1. The summed E-state index contributed by atoms with van der Waals surface area (Å²) < 4.78 is 0. The minimum absolute atomic E-state index is 0.0425. The summed E-state index contributed by atoms with van der Waals surface area (Å²) in [6, 6.07) is 0. The predicted octanol–water partition coefficient (Wildman–Crippen LogP) is 2.68. The number of nitrogens with zero attached hydrogens (tertiary/aromatic N) is 3. The van der Waals surface area contributed by atoms with Gasteiger partial charge < -0.3 is 5.32 Å². The summed E-state index contributed by atoms with van der Waals surface area (Å²) in [4.78, 5) is 19.4. The standard InChI is InChI=1S/C9H10N4O2S2/c1-2-6-3-10-7(16-6)4-11-9-12-5-8(17-9)13(14)15/h3,5H,2,4H2,1H3,(H,11,12). The molecule has 0 unspecified atom stereocenters. The molecule has 17 heavy (non-hydrogen) atoms. The van der Waals surface area contributed by atoms with Crippen LogP contribution in [0.3, 0.4) is 0 Å². The normalized spacial score (nSPS) is 10.4. The summed E-state index contributed by atoms with van der Waals surface area (Å²) in [5, 5.41) is 15.0. The van der Waals surface area contributed by atoms with Gasteiger partial charge in [0.1, 0.15) is 11.2 Å². The molecule has 1 N–H and O–H groups in total. The molecule has 2 aromatic rings. The van der Waals surface area contributed by atoms with E-state index in [-0.39, 0.29) is 5.00 Å². The fraction of sp³-hybridized carbons (Fsp3) is 0.333. The van der Waals surface area contributed by atoms with Crippen molar-refractivity contribution in [2.45, 2.75) is 19.9 Å². The smallest absolute Gasteiger partial charge is 0.345 e. The molecule has 8 heteroatoms. The molecule has 0 radical (unpaired) electrons. The topological polar surface area (TPSA) is 81.0 Å². The Morgan fingerprint density at radius 3 is 2.82 bits per heavy atom. The van der Waals surface area contributed by atoms with Gasteiger partial charge in [-0.15, -0.1) is 11.3 Å². The van der Waals surface area contributed by atoms with Crippen LogP contribution in [-0.2, 0) is 13.0 Å². The predicted molar refractivity (Wildman–Crippen MR) is 67.6 cm³/mol. The van der Waals surface area contributed by atoms with Crippen LogP contribution in [0.25, 0.3) is 0 Å². The van der Waals surface area contributed by atoms with Gasteiger partial charge in [-0.3, -0.25) is 10.1 Å². The Balaban J connectivity index is 1.94. The number of thiazole rings is 2. The number of rotatable bonds is 5. The Kier molecular flexibility index (Phi) is 3.64. The van der Waals surface area contributed by atoms with Gasteiger partial charge in [-0.05, 0) is 17.8 Å². The summed E-state index contributed by atoms with van der Waals surface area (Å²) in [6.07, 6.45) is 4.08. The van der Waals surface area contributed by atoms with Crippen LogP contribution in [0.2, 0.25) is 0 Å². The van der Waals surface area contributed by atoms with Crippen LogP contribution in [0.4, 0.5) is 10.1 Å². The lowest BCUT2D eigenvalue weighted by Gasteiger charge is -1.96. The van der Waals surface area contributed by atoms with Crippen LogP contribution in [0.15, 0.2) is 12.4 Å². The zero-order valence-electron chi connectivity index (χ0n) is 9.04. The van der Waals surface area contributed by atoms with E-state index in [4.69, 9.17) is 0 Å². The molecule has 0 aliphatic carbocycles. The maximum Gasteiger partial charge on any atom is 0.345 e. The van der Waals surface area contributed by atoms with E-state index in [1.165, 1.54) is 11.1 Å². The van der Waals surface area contributed by atoms with E-state index in [1.807, 2.05) is 6.20 Å². The van der Waals surface area contributed by atoms with Crippen molar-refractivity contribution in [3.63, 3.8) is 0 Å². The monoisotopic (exact) mass is 270 g/mol. The first-order chi connectivity index (χ1) is 8.19. The molecular formula is C9H10N4O2S2. The van der Waals surface area contributed by atoms with Crippen molar-refractivity contribution in [1.29, 1.82) is 0 Å². The van der Waals surface area contributed by atoms with Gasteiger partial charge in [-0.1, -0.05) is 6.92 Å². The SMILES string of the molecule is CCc1cnc(CNc2ncc([N+](=O)[O-])s2)s1. The molecule has 2 rings (SSSR count). The molecule has 2 heterocycles. The van der Waals surface area contributed by atoms with Gasteiger partial charge in [0.2, 0.25) is 0 Å². The molecule has 90 valence electrons. The highest BCUT2D eigenvalue weighted by molar-refractivity contribution is 7.18. The molecule has 0 aromatic carbocycles. The maximum atomic E-state index is 10.5. The van der Waals surface area contributed by atoms with Gasteiger partial charge in [-0.2, -0.15) is 0 Å². The highest BCUT2D eigenvalue weighted by Gasteiger charge is 2.11. The molecule has 0 spiro atoms. The second-order valence-corrected chi connectivity index (χ2v) is 5.40. The first-order valence-corrected chi connectivity index (χ1v) is 6.60. The summed E-state index contributed by atoms with van der Waals surface area (Å²) in [5.74, 6) is 0. The van der Waals surface area contributed by atoms with Crippen LogP contribution in [0.1, 0.15) is 16.8 Å². The third kappa shape index (κ3) is 2.98. The largest absolute Gasteiger partial charge is 0.355 e. The van der Waals surface area contributed by atoms with Crippen molar-refractivity contribution >= 4 is 32.8 Å². The minimum Gasteiger partial charge on any atom is -0.355 e. The number of nitro groups is 1. The van der Waals surface area contributed by atoms with Gasteiger partial charge >= 0.3 is 5.00 Å². The highest BCUT2D eigenvalue weighted by atomic mass is 32.1. The van der Waals surface area contributed by atoms with Crippen LogP contribution in [0, 0.1) is 10.1 Å². The van der Waals surface area contributed by atoms with Gasteiger partial charge in [0, 0.05) is 11.1 Å². The molecule has 0 saturated carbocycles. The lowest BCUT2D eigenvalue weighted by atomic mass is 10.4. The van der Waals surface area contributed by atoms with E-state index in [0.717, 1.165) is 22.8 Å². The van der Waals surface area contributed by atoms with Crippen LogP contribution in [-0.4, -0.2) is 14.9 Å². The summed E-state index contributed by atoms with van der Waals surface area (Å²) >= 11 is 2.66. The van der Waals surface area contributed by atoms with Gasteiger partial charge in [0.25, 0.3) is 0 Å². The van der Waals surface area contributed by atoms with Gasteiger partial charge in [-0.25, -0.2) is 9.97 Å². The van der Waals surface area contributed by atoms with Crippen molar-refractivity contribution in [3.05, 3.63) is 32.4 Å². The molecule has 0 aliphatic rings. The minimum atomic E-state index is -0.443. The number of anilines is 1. The molecule has 2 aromatic heterocycles. The lowest BCUT2D eigenvalue weighted by Crippen LogP contribution is -1.97. The van der Waals surface area contributed by atoms with E-state index in [1.54, 1.807) is 11.3 Å². The Labute approximate surface area is 106 Å². The van der Waals surface area contributed by atoms with E-state index >= 15 is 0 Å². The number of aryl methyl sites for hydroxylation is 1. The van der Waals surface area contributed by atoms with E-state index in [0.29, 0.717) is 11.7 Å². The summed E-state index contributed by atoms with van der Waals surface area (Å²) in [7, 11) is 0. The van der Waals surface area contributed by atoms with Gasteiger partial charge in [0.05, 0.1) is 11.5 Å². The molecular weight excluding hydrogens is 260 g/mol. The molecule has 6 nitrogen and oxygen atoms in total. The number of aromatic nitrogens is 2. The average molecular weight is 270 g/mol. The molecule has 0 bridgehead atoms. The Morgan fingerprint density at radius 1 is 1.41 bits per heavy atom. The van der Waals surface area contributed by atoms with E-state index < -0.39 is 4.92 Å². The van der Waals surface area contributed by atoms with Crippen molar-refractivity contribution in [3.8, 4) is 0 Å². The zero-order valence-corrected chi connectivity index (χ0v) is 10.7. The number of hydrogen-bond donors (Lipinski definition) is 1. The summed E-state index contributed by atoms with van der Waals surface area (Å²) in [6.45, 7) is 2.63. The Morgan fingerprint density at radius 2 is 2.24 bits per heavy atom. The van der Waals surface area contributed by atoms with E-state index in [2.05, 4.69) is 22.2 Å². The molecule has 0 atom stereocenters. The number of hydrogen-bond acceptors (Lipinski definition) is 7. The summed E-state index contributed by atoms with van der Waals surface area (Å²) in [5.41, 5.74) is 0. The first-order valence-electron chi connectivity index (χ1n) is 4.96. The van der Waals surface area contributed by atoms with Crippen LogP contribution < -0.4 is 5.32 Å². The third-order valence-corrected chi connectivity index (χ3v) is 4.06. The Hall–Kier alpha value is -1.54. The molecule has 0 aliphatic heterocycles. The van der Waals surface area contributed by atoms with Crippen molar-refractivity contribution in [2.24, 2.45) is 0 Å². The van der Waals surface area contributed by atoms with Crippen molar-refractivity contribution in [1.82, 2.24) is 9.97 Å². The second-order valence-electron chi connectivity index (χ2n) is 3.19. The fourth-order valence-electron chi connectivity index (χ4n) is 1.18.